The molecule has 8 heteroatoms. The molecule has 0 atom stereocenters. The molecule has 0 saturated carbocycles. The minimum Gasteiger partial charge on any atom is -0.492 e. The first-order chi connectivity index (χ1) is 8.71. The van der Waals surface area contributed by atoms with Gasteiger partial charge >= 0.3 is 0 Å². The molecular weight excluding hydrogens is 333 g/mol. The van der Waals surface area contributed by atoms with Crippen molar-refractivity contribution in [1.82, 2.24) is 4.90 Å². The number of ether oxygens (including phenoxy) is 1. The van der Waals surface area contributed by atoms with Gasteiger partial charge in [-0.2, -0.15) is 0 Å². The summed E-state index contributed by atoms with van der Waals surface area (Å²) in [5.74, 6) is 0.342. The van der Waals surface area contributed by atoms with Gasteiger partial charge < -0.3 is 9.64 Å². The SMILES string of the molecule is CN(C)CCCOc1cc(Cl)c(S(=O)(=O)Cl)cc1Cl. The molecule has 19 heavy (non-hydrogen) atoms. The van der Waals surface area contributed by atoms with Gasteiger partial charge in [-0.1, -0.05) is 23.2 Å². The van der Waals surface area contributed by atoms with Crippen molar-refractivity contribution in [3.05, 3.63) is 22.2 Å². The van der Waals surface area contributed by atoms with E-state index in [-0.39, 0.29) is 14.9 Å². The molecule has 1 rings (SSSR count). The van der Waals surface area contributed by atoms with Gasteiger partial charge in [-0.3, -0.25) is 0 Å². The highest BCUT2D eigenvalue weighted by molar-refractivity contribution is 8.13. The number of rotatable bonds is 6. The Bertz CT molecular complexity index is 546. The lowest BCUT2D eigenvalue weighted by Crippen LogP contribution is -2.15. The molecule has 0 heterocycles. The molecular formula is C11H14Cl3NO3S. The van der Waals surface area contributed by atoms with Gasteiger partial charge in [0.2, 0.25) is 0 Å². The highest BCUT2D eigenvalue weighted by Gasteiger charge is 2.18. The van der Waals surface area contributed by atoms with Crippen molar-refractivity contribution < 1.29 is 13.2 Å². The Kier molecular flexibility index (Phi) is 6.20. The molecule has 1 aromatic rings. The van der Waals surface area contributed by atoms with Crippen LogP contribution in [0.4, 0.5) is 0 Å². The Morgan fingerprint density at radius 1 is 1.21 bits per heavy atom. The minimum absolute atomic E-state index is 0.0120. The van der Waals surface area contributed by atoms with Crippen molar-refractivity contribution in [2.24, 2.45) is 0 Å². The van der Waals surface area contributed by atoms with E-state index in [0.717, 1.165) is 13.0 Å². The Morgan fingerprint density at radius 3 is 2.37 bits per heavy atom. The van der Waals surface area contributed by atoms with Gasteiger partial charge in [-0.15, -0.1) is 0 Å². The first kappa shape index (κ1) is 16.9. The zero-order valence-corrected chi connectivity index (χ0v) is 13.6. The molecule has 0 radical (unpaired) electrons. The Morgan fingerprint density at radius 2 is 1.84 bits per heavy atom. The normalized spacial score (nSPS) is 11.9. The van der Waals surface area contributed by atoms with Crippen molar-refractivity contribution in [2.45, 2.75) is 11.3 Å². The number of hydrogen-bond donors (Lipinski definition) is 0. The summed E-state index contributed by atoms with van der Waals surface area (Å²) in [6, 6.07) is 2.54. The zero-order valence-electron chi connectivity index (χ0n) is 10.5. The van der Waals surface area contributed by atoms with Crippen LogP contribution in [0.15, 0.2) is 17.0 Å². The van der Waals surface area contributed by atoms with Gasteiger partial charge in [0, 0.05) is 23.3 Å². The van der Waals surface area contributed by atoms with E-state index in [2.05, 4.69) is 0 Å². The predicted molar refractivity (Wildman–Crippen MR) is 78.2 cm³/mol. The molecule has 0 aromatic heterocycles. The average molecular weight is 347 g/mol. The van der Waals surface area contributed by atoms with E-state index in [1.165, 1.54) is 12.1 Å². The van der Waals surface area contributed by atoms with Gasteiger partial charge in [-0.05, 0) is 26.6 Å². The molecule has 0 bridgehead atoms. The summed E-state index contributed by atoms with van der Waals surface area (Å²) in [4.78, 5) is 1.81. The third kappa shape index (κ3) is 5.36. The van der Waals surface area contributed by atoms with Gasteiger partial charge in [0.1, 0.15) is 10.6 Å². The van der Waals surface area contributed by atoms with Crippen LogP contribution in [0.2, 0.25) is 10.0 Å². The lowest BCUT2D eigenvalue weighted by Gasteiger charge is -2.12. The van der Waals surface area contributed by atoms with Crippen LogP contribution in [0.1, 0.15) is 6.42 Å². The Balaban J connectivity index is 2.80. The Hall–Kier alpha value is -0.200. The summed E-state index contributed by atoms with van der Waals surface area (Å²) in [6.07, 6.45) is 0.816. The fourth-order valence-electron chi connectivity index (χ4n) is 1.37. The van der Waals surface area contributed by atoms with Crippen molar-refractivity contribution in [3.8, 4) is 5.75 Å². The largest absolute Gasteiger partial charge is 0.492 e. The van der Waals surface area contributed by atoms with Gasteiger partial charge in [0.25, 0.3) is 9.05 Å². The van der Waals surface area contributed by atoms with Crippen LogP contribution in [0, 0.1) is 0 Å². The molecule has 0 spiro atoms. The van der Waals surface area contributed by atoms with Crippen LogP contribution in [-0.4, -0.2) is 40.6 Å². The molecule has 0 amide bonds. The topological polar surface area (TPSA) is 46.6 Å². The summed E-state index contributed by atoms with van der Waals surface area (Å²) < 4.78 is 27.9. The molecule has 0 fully saturated rings. The van der Waals surface area contributed by atoms with Gasteiger partial charge in [0.15, 0.2) is 0 Å². The quantitative estimate of drug-likeness (QED) is 0.586. The van der Waals surface area contributed by atoms with Gasteiger partial charge in [-0.25, -0.2) is 8.42 Å². The maximum atomic E-state index is 11.2. The summed E-state index contributed by atoms with van der Waals surface area (Å²) in [7, 11) is 5.24. The molecule has 0 unspecified atom stereocenters. The smallest absolute Gasteiger partial charge is 0.262 e. The number of halogens is 3. The third-order valence-electron chi connectivity index (χ3n) is 2.26. The number of benzene rings is 1. The van der Waals surface area contributed by atoms with E-state index in [9.17, 15) is 8.42 Å². The van der Waals surface area contributed by atoms with Gasteiger partial charge in [0.05, 0.1) is 16.7 Å². The van der Waals surface area contributed by atoms with E-state index in [1.54, 1.807) is 0 Å². The second-order valence-corrected chi connectivity index (χ2v) is 7.50. The van der Waals surface area contributed by atoms with Crippen molar-refractivity contribution in [2.75, 3.05) is 27.2 Å². The molecule has 0 saturated heterocycles. The fourth-order valence-corrected chi connectivity index (χ4v) is 3.16. The molecule has 0 aliphatic carbocycles. The minimum atomic E-state index is -3.92. The second-order valence-electron chi connectivity index (χ2n) is 4.16. The van der Waals surface area contributed by atoms with Crippen LogP contribution in [0.3, 0.4) is 0 Å². The van der Waals surface area contributed by atoms with Crippen LogP contribution < -0.4 is 4.74 Å². The number of hydrogen-bond acceptors (Lipinski definition) is 4. The highest BCUT2D eigenvalue weighted by Crippen LogP contribution is 2.34. The third-order valence-corrected chi connectivity index (χ3v) is 4.34. The molecule has 0 N–H and O–H groups in total. The summed E-state index contributed by atoms with van der Waals surface area (Å²) in [5.41, 5.74) is 0. The van der Waals surface area contributed by atoms with E-state index in [0.29, 0.717) is 12.4 Å². The molecule has 108 valence electrons. The zero-order chi connectivity index (χ0) is 14.6. The van der Waals surface area contributed by atoms with Crippen molar-refractivity contribution in [1.29, 1.82) is 0 Å². The maximum Gasteiger partial charge on any atom is 0.262 e. The van der Waals surface area contributed by atoms with Crippen LogP contribution >= 0.6 is 33.9 Å². The first-order valence-electron chi connectivity index (χ1n) is 5.43. The summed E-state index contributed by atoms with van der Waals surface area (Å²) >= 11 is 11.8. The second kappa shape index (κ2) is 6.99. The number of nitrogens with zero attached hydrogens (tertiary/aromatic N) is 1. The van der Waals surface area contributed by atoms with Crippen LogP contribution in [0.25, 0.3) is 0 Å². The van der Waals surface area contributed by atoms with Crippen LogP contribution in [-0.2, 0) is 9.05 Å². The lowest BCUT2D eigenvalue weighted by molar-refractivity contribution is 0.281. The molecule has 0 aliphatic heterocycles. The van der Waals surface area contributed by atoms with Crippen LogP contribution in [0.5, 0.6) is 5.75 Å². The highest BCUT2D eigenvalue weighted by atomic mass is 35.7. The fraction of sp³-hybridized carbons (Fsp3) is 0.455. The first-order valence-corrected chi connectivity index (χ1v) is 8.49. The van der Waals surface area contributed by atoms with E-state index < -0.39 is 9.05 Å². The molecule has 0 aliphatic rings. The Labute approximate surface area is 127 Å². The summed E-state index contributed by atoms with van der Waals surface area (Å²) in [5, 5.41) is 0.149. The molecule has 1 aromatic carbocycles. The average Bonchev–Trinajstić information content (AvgIpc) is 2.26. The monoisotopic (exact) mass is 345 g/mol. The van der Waals surface area contributed by atoms with Crippen molar-refractivity contribution >= 4 is 42.9 Å². The lowest BCUT2D eigenvalue weighted by atomic mass is 10.3. The maximum absolute atomic E-state index is 11.2. The summed E-state index contributed by atoms with van der Waals surface area (Å²) in [6.45, 7) is 1.33. The van der Waals surface area contributed by atoms with Crippen molar-refractivity contribution in [3.63, 3.8) is 0 Å². The predicted octanol–water partition coefficient (Wildman–Crippen LogP) is 3.25. The standard InChI is InChI=1S/C11H14Cl3NO3S/c1-15(2)4-3-5-18-10-6-9(13)11(7-8(10)12)19(14,16)17/h6-7H,3-5H2,1-2H3. The van der Waals surface area contributed by atoms with E-state index >= 15 is 0 Å². The van der Waals surface area contributed by atoms with E-state index in [4.69, 9.17) is 38.6 Å². The molecule has 4 nitrogen and oxygen atoms in total. The van der Waals surface area contributed by atoms with E-state index in [1.807, 2.05) is 19.0 Å².